The number of nitrogens with zero attached hydrogens (tertiary/aromatic N) is 2. The molecule has 5 heteroatoms. The third-order valence-electron chi connectivity index (χ3n) is 2.60. The third kappa shape index (κ3) is 7.31. The van der Waals surface area contributed by atoms with E-state index in [-0.39, 0.29) is 0 Å². The van der Waals surface area contributed by atoms with E-state index in [9.17, 15) is 9.90 Å². The van der Waals surface area contributed by atoms with E-state index in [1.54, 1.807) is 0 Å². The van der Waals surface area contributed by atoms with Crippen LogP contribution in [-0.4, -0.2) is 67.2 Å². The zero-order valence-electron chi connectivity index (χ0n) is 11.5. The second-order valence-corrected chi connectivity index (χ2v) is 5.12. The smallest absolute Gasteiger partial charge is 0.320 e. The Morgan fingerprint density at radius 3 is 2.24 bits per heavy atom. The number of rotatable bonds is 9. The van der Waals surface area contributed by atoms with Gasteiger partial charge < -0.3 is 15.7 Å². The number of carboxylic acid groups (broad SMARTS) is 1. The SMILES string of the molecule is CC(C)CN(CCN(C)C)C(CCN)C(=O)O. The Morgan fingerprint density at radius 2 is 1.88 bits per heavy atom. The standard InChI is InChI=1S/C12H27N3O2/c1-10(2)9-15(8-7-14(3)4)11(5-6-13)12(16)17/h10-11H,5-9,13H2,1-4H3,(H,16,17). The molecule has 0 spiro atoms. The van der Waals surface area contributed by atoms with Gasteiger partial charge in [0.2, 0.25) is 0 Å². The van der Waals surface area contributed by atoms with Gasteiger partial charge in [0.05, 0.1) is 0 Å². The summed E-state index contributed by atoms with van der Waals surface area (Å²) in [7, 11) is 3.98. The Hall–Kier alpha value is -0.650. The molecule has 0 aliphatic carbocycles. The normalized spacial score (nSPS) is 13.6. The molecule has 0 fully saturated rings. The van der Waals surface area contributed by atoms with E-state index in [1.807, 2.05) is 19.0 Å². The number of carboxylic acids is 1. The predicted octanol–water partition coefficient (Wildman–Crippen LogP) is 0.308. The predicted molar refractivity (Wildman–Crippen MR) is 70.1 cm³/mol. The number of nitrogens with two attached hydrogens (primary N) is 1. The lowest BCUT2D eigenvalue weighted by atomic mass is 10.1. The van der Waals surface area contributed by atoms with Crippen LogP contribution in [0.4, 0.5) is 0 Å². The Balaban J connectivity index is 4.54. The van der Waals surface area contributed by atoms with Crippen molar-refractivity contribution in [2.24, 2.45) is 11.7 Å². The molecule has 0 rings (SSSR count). The molecule has 1 unspecified atom stereocenters. The van der Waals surface area contributed by atoms with Gasteiger partial charge in [-0.05, 0) is 33.0 Å². The maximum atomic E-state index is 11.2. The van der Waals surface area contributed by atoms with Crippen LogP contribution in [0.5, 0.6) is 0 Å². The Bertz CT molecular complexity index is 220. The van der Waals surface area contributed by atoms with Crippen LogP contribution in [-0.2, 0) is 4.79 Å². The monoisotopic (exact) mass is 245 g/mol. The van der Waals surface area contributed by atoms with E-state index in [0.29, 0.717) is 18.9 Å². The molecular formula is C12H27N3O2. The zero-order valence-corrected chi connectivity index (χ0v) is 11.5. The molecule has 0 saturated heterocycles. The van der Waals surface area contributed by atoms with Crippen molar-refractivity contribution in [2.45, 2.75) is 26.3 Å². The van der Waals surface area contributed by atoms with Gasteiger partial charge in [-0.1, -0.05) is 13.8 Å². The molecule has 0 saturated carbocycles. The van der Waals surface area contributed by atoms with Crippen LogP contribution in [0, 0.1) is 5.92 Å². The summed E-state index contributed by atoms with van der Waals surface area (Å²) < 4.78 is 0. The van der Waals surface area contributed by atoms with Crippen LogP contribution in [0.3, 0.4) is 0 Å². The van der Waals surface area contributed by atoms with Crippen LogP contribution in [0.1, 0.15) is 20.3 Å². The van der Waals surface area contributed by atoms with E-state index in [0.717, 1.165) is 19.6 Å². The molecule has 0 aromatic heterocycles. The average Bonchev–Trinajstić information content (AvgIpc) is 2.20. The first-order valence-electron chi connectivity index (χ1n) is 6.20. The second kappa shape index (κ2) is 8.44. The number of carbonyl (C=O) groups is 1. The van der Waals surface area contributed by atoms with Crippen molar-refractivity contribution < 1.29 is 9.90 Å². The van der Waals surface area contributed by atoms with Crippen molar-refractivity contribution in [3.05, 3.63) is 0 Å². The average molecular weight is 245 g/mol. The summed E-state index contributed by atoms with van der Waals surface area (Å²) in [6.45, 7) is 7.04. The van der Waals surface area contributed by atoms with Crippen molar-refractivity contribution in [1.82, 2.24) is 9.80 Å². The largest absolute Gasteiger partial charge is 0.480 e. The maximum Gasteiger partial charge on any atom is 0.320 e. The Morgan fingerprint density at radius 1 is 1.29 bits per heavy atom. The topological polar surface area (TPSA) is 69.8 Å². The van der Waals surface area contributed by atoms with E-state index >= 15 is 0 Å². The molecule has 0 aliphatic rings. The summed E-state index contributed by atoms with van der Waals surface area (Å²) in [6.07, 6.45) is 0.509. The lowest BCUT2D eigenvalue weighted by Crippen LogP contribution is -2.46. The van der Waals surface area contributed by atoms with Crippen molar-refractivity contribution in [1.29, 1.82) is 0 Å². The Kier molecular flexibility index (Phi) is 8.12. The quantitative estimate of drug-likeness (QED) is 0.612. The summed E-state index contributed by atoms with van der Waals surface area (Å²) in [6, 6.07) is -0.456. The van der Waals surface area contributed by atoms with Gasteiger partial charge in [-0.25, -0.2) is 0 Å². The third-order valence-corrected chi connectivity index (χ3v) is 2.60. The van der Waals surface area contributed by atoms with Crippen molar-refractivity contribution in [3.63, 3.8) is 0 Å². The van der Waals surface area contributed by atoms with Gasteiger partial charge in [-0.3, -0.25) is 9.69 Å². The summed E-state index contributed by atoms with van der Waals surface area (Å²) in [5, 5.41) is 9.24. The maximum absolute atomic E-state index is 11.2. The molecule has 0 aromatic carbocycles. The zero-order chi connectivity index (χ0) is 13.4. The van der Waals surface area contributed by atoms with Gasteiger partial charge >= 0.3 is 5.97 Å². The fraction of sp³-hybridized carbons (Fsp3) is 0.917. The van der Waals surface area contributed by atoms with Gasteiger partial charge in [-0.2, -0.15) is 0 Å². The van der Waals surface area contributed by atoms with Gasteiger partial charge in [0.1, 0.15) is 6.04 Å². The lowest BCUT2D eigenvalue weighted by molar-refractivity contribution is -0.143. The number of aliphatic carboxylic acids is 1. The van der Waals surface area contributed by atoms with Crippen LogP contribution in [0.2, 0.25) is 0 Å². The molecule has 17 heavy (non-hydrogen) atoms. The first kappa shape index (κ1) is 16.4. The van der Waals surface area contributed by atoms with Crippen LogP contribution < -0.4 is 5.73 Å². The first-order valence-corrected chi connectivity index (χ1v) is 6.20. The molecular weight excluding hydrogens is 218 g/mol. The molecule has 0 aliphatic heterocycles. The molecule has 5 nitrogen and oxygen atoms in total. The van der Waals surface area contributed by atoms with Crippen molar-refractivity contribution >= 4 is 5.97 Å². The second-order valence-electron chi connectivity index (χ2n) is 5.12. The van der Waals surface area contributed by atoms with Crippen LogP contribution in [0.15, 0.2) is 0 Å². The van der Waals surface area contributed by atoms with Crippen LogP contribution in [0.25, 0.3) is 0 Å². The van der Waals surface area contributed by atoms with E-state index < -0.39 is 12.0 Å². The summed E-state index contributed by atoms with van der Waals surface area (Å²) in [5.41, 5.74) is 5.49. The van der Waals surface area contributed by atoms with Crippen molar-refractivity contribution in [3.8, 4) is 0 Å². The van der Waals surface area contributed by atoms with Gasteiger partial charge in [0.15, 0.2) is 0 Å². The number of likely N-dealkylation sites (N-methyl/N-ethyl adjacent to an activating group) is 1. The highest BCUT2D eigenvalue weighted by molar-refractivity contribution is 5.73. The van der Waals surface area contributed by atoms with E-state index in [2.05, 4.69) is 18.7 Å². The highest BCUT2D eigenvalue weighted by Crippen LogP contribution is 2.08. The molecule has 3 N–H and O–H groups in total. The molecule has 0 amide bonds. The summed E-state index contributed by atoms with van der Waals surface area (Å²) in [4.78, 5) is 15.3. The minimum atomic E-state index is -0.769. The van der Waals surface area contributed by atoms with Gasteiger partial charge in [0.25, 0.3) is 0 Å². The molecule has 0 radical (unpaired) electrons. The highest BCUT2D eigenvalue weighted by atomic mass is 16.4. The van der Waals surface area contributed by atoms with Gasteiger partial charge in [0, 0.05) is 19.6 Å². The van der Waals surface area contributed by atoms with E-state index in [1.165, 1.54) is 0 Å². The minimum absolute atomic E-state index is 0.410. The molecule has 0 aromatic rings. The lowest BCUT2D eigenvalue weighted by Gasteiger charge is -2.31. The fourth-order valence-corrected chi connectivity index (χ4v) is 1.79. The number of hydrogen-bond acceptors (Lipinski definition) is 4. The number of hydrogen-bond donors (Lipinski definition) is 2. The van der Waals surface area contributed by atoms with E-state index in [4.69, 9.17) is 5.73 Å². The van der Waals surface area contributed by atoms with Gasteiger partial charge in [-0.15, -0.1) is 0 Å². The molecule has 1 atom stereocenters. The fourth-order valence-electron chi connectivity index (χ4n) is 1.79. The Labute approximate surface area is 105 Å². The summed E-state index contributed by atoms with van der Waals surface area (Å²) >= 11 is 0. The minimum Gasteiger partial charge on any atom is -0.480 e. The summed E-state index contributed by atoms with van der Waals surface area (Å²) in [5.74, 6) is -0.313. The molecule has 0 bridgehead atoms. The first-order chi connectivity index (χ1) is 7.88. The molecule has 0 heterocycles. The highest BCUT2D eigenvalue weighted by Gasteiger charge is 2.25. The van der Waals surface area contributed by atoms with Crippen LogP contribution >= 0.6 is 0 Å². The molecule has 102 valence electrons. The van der Waals surface area contributed by atoms with Crippen molar-refractivity contribution in [2.75, 3.05) is 40.3 Å².